The van der Waals surface area contributed by atoms with Crippen LogP contribution in [0.25, 0.3) is 0 Å². The number of hydrogen-bond acceptors (Lipinski definition) is 6. The highest BCUT2D eigenvalue weighted by atomic mass is 16.3. The molecule has 2 N–H and O–H groups in total. The molecule has 0 aromatic carbocycles. The van der Waals surface area contributed by atoms with E-state index in [1.807, 2.05) is 12.7 Å². The predicted molar refractivity (Wildman–Crippen MR) is 98.8 cm³/mol. The van der Waals surface area contributed by atoms with Crippen LogP contribution in [0.4, 0.5) is 0 Å². The number of β-amino-alcohol motifs (C(OH)–C–C–N with tert-alkyl or cyclic N) is 2. The van der Waals surface area contributed by atoms with E-state index in [1.165, 1.54) is 51.4 Å². The molecule has 0 amide bonds. The molecule has 0 aromatic rings. The molecule has 2 atom stereocenters. The summed E-state index contributed by atoms with van der Waals surface area (Å²) >= 11 is 0. The van der Waals surface area contributed by atoms with Gasteiger partial charge in [-0.15, -0.1) is 0 Å². The summed E-state index contributed by atoms with van der Waals surface area (Å²) < 4.78 is 0. The molecule has 2 rings (SSSR count). The highest BCUT2D eigenvalue weighted by Gasteiger charge is 2.17. The minimum atomic E-state index is 0.213. The third-order valence-corrected chi connectivity index (χ3v) is 4.87. The van der Waals surface area contributed by atoms with Crippen LogP contribution in [-0.4, -0.2) is 84.2 Å². The number of aliphatic hydroxyl groups is 2. The highest BCUT2D eigenvalue weighted by molar-refractivity contribution is 5.58. The molecule has 2 heterocycles. The molecule has 6 heteroatoms. The van der Waals surface area contributed by atoms with Crippen molar-refractivity contribution < 1.29 is 10.2 Å². The Balaban J connectivity index is 1.36. The van der Waals surface area contributed by atoms with Crippen LogP contribution in [0.1, 0.15) is 51.4 Å². The molecule has 0 spiro atoms. The van der Waals surface area contributed by atoms with E-state index in [9.17, 15) is 0 Å². The number of aliphatic imine (C=N–C) groups is 2. The maximum Gasteiger partial charge on any atom is 0.0855 e. The van der Waals surface area contributed by atoms with Crippen LogP contribution >= 0.6 is 0 Å². The van der Waals surface area contributed by atoms with E-state index in [2.05, 4.69) is 19.8 Å². The van der Waals surface area contributed by atoms with Gasteiger partial charge in [0, 0.05) is 26.2 Å². The number of hydrogen-bond donors (Lipinski definition) is 2. The van der Waals surface area contributed by atoms with Gasteiger partial charge in [0.25, 0.3) is 0 Å². The highest BCUT2D eigenvalue weighted by Crippen LogP contribution is 2.16. The Morgan fingerprint density at radius 2 is 1.12 bits per heavy atom. The van der Waals surface area contributed by atoms with Crippen LogP contribution in [0.15, 0.2) is 9.98 Å². The molecule has 0 aliphatic carbocycles. The second-order valence-electron chi connectivity index (χ2n) is 6.97. The van der Waals surface area contributed by atoms with Gasteiger partial charge < -0.3 is 20.0 Å². The average molecular weight is 338 g/mol. The molecule has 0 radical (unpaired) electrons. The summed E-state index contributed by atoms with van der Waals surface area (Å²) in [6, 6.07) is 0.886. The fourth-order valence-corrected chi connectivity index (χ4v) is 3.46. The Morgan fingerprint density at radius 1 is 0.708 bits per heavy atom. The molecule has 2 aliphatic heterocycles. The first-order valence-corrected chi connectivity index (χ1v) is 9.58. The van der Waals surface area contributed by atoms with Crippen molar-refractivity contribution in [1.29, 1.82) is 0 Å². The molecule has 2 unspecified atom stereocenters. The van der Waals surface area contributed by atoms with Crippen LogP contribution in [0.5, 0.6) is 0 Å². The molecule has 2 aliphatic rings. The van der Waals surface area contributed by atoms with Crippen LogP contribution < -0.4 is 0 Å². The Hall–Kier alpha value is -1.14. The Morgan fingerprint density at radius 3 is 1.54 bits per heavy atom. The molecule has 24 heavy (non-hydrogen) atoms. The van der Waals surface area contributed by atoms with E-state index in [-0.39, 0.29) is 13.2 Å². The first kappa shape index (κ1) is 19.2. The minimum Gasteiger partial charge on any atom is -0.395 e. The number of nitrogens with zero attached hydrogens (tertiary/aromatic N) is 4. The second kappa shape index (κ2) is 11.4. The Labute approximate surface area is 146 Å². The molecular weight excluding hydrogens is 304 g/mol. The lowest BCUT2D eigenvalue weighted by atomic mass is 10.0. The normalized spacial score (nSPS) is 22.9. The topological polar surface area (TPSA) is 71.7 Å². The summed E-state index contributed by atoms with van der Waals surface area (Å²) in [5.74, 6) is 0. The van der Waals surface area contributed by atoms with E-state index in [1.54, 1.807) is 0 Å². The third kappa shape index (κ3) is 7.18. The van der Waals surface area contributed by atoms with E-state index in [0.717, 1.165) is 13.1 Å². The Bertz CT molecular complexity index is 353. The maximum absolute atomic E-state index is 8.91. The summed E-state index contributed by atoms with van der Waals surface area (Å²) in [6.07, 6.45) is 13.9. The van der Waals surface area contributed by atoms with Gasteiger partial charge in [0.1, 0.15) is 0 Å². The monoisotopic (exact) mass is 338 g/mol. The third-order valence-electron chi connectivity index (χ3n) is 4.87. The van der Waals surface area contributed by atoms with E-state index < -0.39 is 0 Å². The quantitative estimate of drug-likeness (QED) is 0.500. The molecule has 0 bridgehead atoms. The smallest absolute Gasteiger partial charge is 0.0855 e. The summed E-state index contributed by atoms with van der Waals surface area (Å²) in [5, 5.41) is 17.8. The summed E-state index contributed by atoms with van der Waals surface area (Å²) in [5.41, 5.74) is 0. The summed E-state index contributed by atoms with van der Waals surface area (Å²) in [6.45, 7) is 3.81. The lowest BCUT2D eigenvalue weighted by molar-refractivity contribution is 0.253. The molecule has 0 saturated carbocycles. The van der Waals surface area contributed by atoms with Crippen LogP contribution in [0.3, 0.4) is 0 Å². The summed E-state index contributed by atoms with van der Waals surface area (Å²) in [4.78, 5) is 13.2. The van der Waals surface area contributed by atoms with E-state index in [4.69, 9.17) is 10.2 Å². The molecule has 0 aromatic heterocycles. The number of unbranched alkanes of at least 4 members (excludes halogenated alkanes) is 5. The predicted octanol–water partition coefficient (Wildman–Crippen LogP) is 1.52. The van der Waals surface area contributed by atoms with Gasteiger partial charge >= 0.3 is 0 Å². The second-order valence-corrected chi connectivity index (χ2v) is 6.97. The SMILES string of the molecule is OCCN1C=NC(CCCCCCCCC2CN(CCO)C=N2)C1. The van der Waals surface area contributed by atoms with Crippen molar-refractivity contribution in [2.75, 3.05) is 39.4 Å². The van der Waals surface area contributed by atoms with Crippen molar-refractivity contribution in [3.63, 3.8) is 0 Å². The molecule has 0 fully saturated rings. The molecule has 6 nitrogen and oxygen atoms in total. The standard InChI is InChI=1S/C18H34N4O2/c23-11-9-21-13-17(19-15-21)7-5-3-1-2-4-6-8-18-14-22(10-12-24)16-20-18/h15-18,23-24H,1-14H2. The van der Waals surface area contributed by atoms with Gasteiger partial charge in [0.15, 0.2) is 0 Å². The lowest BCUT2D eigenvalue weighted by Gasteiger charge is -2.14. The van der Waals surface area contributed by atoms with Crippen molar-refractivity contribution in [2.24, 2.45) is 9.98 Å². The summed E-state index contributed by atoms with van der Waals surface area (Å²) in [7, 11) is 0. The van der Waals surface area contributed by atoms with Crippen molar-refractivity contribution in [3.8, 4) is 0 Å². The van der Waals surface area contributed by atoms with Crippen molar-refractivity contribution in [1.82, 2.24) is 9.80 Å². The fourth-order valence-electron chi connectivity index (χ4n) is 3.46. The number of rotatable bonds is 13. The van der Waals surface area contributed by atoms with Crippen molar-refractivity contribution >= 4 is 12.7 Å². The zero-order chi connectivity index (χ0) is 17.0. The van der Waals surface area contributed by atoms with E-state index >= 15 is 0 Å². The van der Waals surface area contributed by atoms with Gasteiger partial charge in [-0.2, -0.15) is 0 Å². The van der Waals surface area contributed by atoms with Crippen molar-refractivity contribution in [2.45, 2.75) is 63.5 Å². The van der Waals surface area contributed by atoms with Gasteiger partial charge in [-0.05, 0) is 12.8 Å². The molecule has 0 saturated heterocycles. The Kier molecular flexibility index (Phi) is 9.13. The van der Waals surface area contributed by atoms with E-state index in [0.29, 0.717) is 25.2 Å². The molecule has 138 valence electrons. The maximum atomic E-state index is 8.91. The zero-order valence-electron chi connectivity index (χ0n) is 14.9. The van der Waals surface area contributed by atoms with Crippen LogP contribution in [0.2, 0.25) is 0 Å². The van der Waals surface area contributed by atoms with Crippen LogP contribution in [-0.2, 0) is 0 Å². The van der Waals surface area contributed by atoms with Gasteiger partial charge in [0.05, 0.1) is 38.0 Å². The van der Waals surface area contributed by atoms with Gasteiger partial charge in [-0.3, -0.25) is 9.98 Å². The number of aliphatic hydroxyl groups excluding tert-OH is 2. The largest absolute Gasteiger partial charge is 0.395 e. The van der Waals surface area contributed by atoms with Crippen molar-refractivity contribution in [3.05, 3.63) is 0 Å². The minimum absolute atomic E-state index is 0.213. The van der Waals surface area contributed by atoms with Gasteiger partial charge in [-0.1, -0.05) is 38.5 Å². The fraction of sp³-hybridized carbons (Fsp3) is 0.889. The zero-order valence-corrected chi connectivity index (χ0v) is 14.9. The molecular formula is C18H34N4O2. The first-order chi connectivity index (χ1) is 11.8. The lowest BCUT2D eigenvalue weighted by Crippen LogP contribution is -2.26. The van der Waals surface area contributed by atoms with Gasteiger partial charge in [0.2, 0.25) is 0 Å². The van der Waals surface area contributed by atoms with Crippen LogP contribution in [0, 0.1) is 0 Å². The van der Waals surface area contributed by atoms with Gasteiger partial charge in [-0.25, -0.2) is 0 Å². The first-order valence-electron chi connectivity index (χ1n) is 9.58. The average Bonchev–Trinajstić information content (AvgIpc) is 3.20.